The lowest BCUT2D eigenvalue weighted by Gasteiger charge is -1.94. The van der Waals surface area contributed by atoms with Crippen molar-refractivity contribution in [1.29, 1.82) is 0 Å². The maximum Gasteiger partial charge on any atom is 0.332 e. The van der Waals surface area contributed by atoms with Gasteiger partial charge in [-0.1, -0.05) is 13.3 Å². The topological polar surface area (TPSA) is 111 Å². The molecule has 0 aromatic carbocycles. The number of hydrazone groups is 1. The van der Waals surface area contributed by atoms with E-state index in [1.807, 2.05) is 12.3 Å². The van der Waals surface area contributed by atoms with Crippen molar-refractivity contribution >= 4 is 29.3 Å². The quantitative estimate of drug-likeness (QED) is 0.468. The van der Waals surface area contributed by atoms with E-state index in [-0.39, 0.29) is 5.69 Å². The molecule has 0 radical (unpaired) electrons. The summed E-state index contributed by atoms with van der Waals surface area (Å²) >= 11 is 1.30. The minimum atomic E-state index is -0.775. The number of thiophene rings is 1. The molecule has 0 unspecified atom stereocenters. The van der Waals surface area contributed by atoms with Gasteiger partial charge in [0.1, 0.15) is 0 Å². The number of aryl methyl sites for hydroxylation is 1. The van der Waals surface area contributed by atoms with Crippen LogP contribution in [0.3, 0.4) is 0 Å². The zero-order chi connectivity index (χ0) is 13.5. The van der Waals surface area contributed by atoms with Gasteiger partial charge in [-0.2, -0.15) is 5.10 Å². The third-order valence-electron chi connectivity index (χ3n) is 2.13. The van der Waals surface area contributed by atoms with Crippen LogP contribution < -0.4 is 11.2 Å². The van der Waals surface area contributed by atoms with E-state index in [1.165, 1.54) is 23.6 Å². The second-order valence-electron chi connectivity index (χ2n) is 3.55. The smallest absolute Gasteiger partial charge is 0.332 e. The van der Waals surface area contributed by atoms with Crippen LogP contribution in [0.25, 0.3) is 0 Å². The Labute approximate surface area is 108 Å². The first-order chi connectivity index (χ1) is 8.54. The number of hydrogen-bond donors (Lipinski definition) is 2. The molecule has 1 aromatic rings. The molecule has 0 saturated heterocycles. The third kappa shape index (κ3) is 4.13. The van der Waals surface area contributed by atoms with E-state index >= 15 is 0 Å². The SMILES string of the molecule is CCCCc1sc(/C=N/NC(N)=O)cc1[N+](=O)[O-]. The molecule has 0 fully saturated rings. The first kappa shape index (κ1) is 14.1. The van der Waals surface area contributed by atoms with Gasteiger partial charge in [0.15, 0.2) is 0 Å². The highest BCUT2D eigenvalue weighted by molar-refractivity contribution is 7.14. The highest BCUT2D eigenvalue weighted by Crippen LogP contribution is 2.29. The molecule has 98 valence electrons. The van der Waals surface area contributed by atoms with Crippen LogP contribution in [0.4, 0.5) is 10.5 Å². The van der Waals surface area contributed by atoms with Gasteiger partial charge in [-0.05, 0) is 12.8 Å². The van der Waals surface area contributed by atoms with Crippen molar-refractivity contribution in [3.63, 3.8) is 0 Å². The summed E-state index contributed by atoms with van der Waals surface area (Å²) in [6.45, 7) is 2.03. The summed E-state index contributed by atoms with van der Waals surface area (Å²) in [6, 6.07) is 0.672. The molecule has 0 saturated carbocycles. The molecule has 8 heteroatoms. The monoisotopic (exact) mass is 270 g/mol. The molecular formula is C10H14N4O3S. The number of primary amides is 1. The van der Waals surface area contributed by atoms with Crippen molar-refractivity contribution in [3.05, 3.63) is 25.9 Å². The Morgan fingerprint density at radius 3 is 3.00 bits per heavy atom. The van der Waals surface area contributed by atoms with Gasteiger partial charge >= 0.3 is 6.03 Å². The molecule has 0 aliphatic carbocycles. The predicted molar refractivity (Wildman–Crippen MR) is 69.9 cm³/mol. The number of nitro groups is 1. The Balaban J connectivity index is 2.84. The molecule has 0 atom stereocenters. The summed E-state index contributed by atoms with van der Waals surface area (Å²) in [5, 5.41) is 14.4. The molecule has 1 rings (SSSR count). The number of hydrogen-bond acceptors (Lipinski definition) is 5. The number of amides is 2. The molecule has 3 N–H and O–H groups in total. The van der Waals surface area contributed by atoms with Crippen LogP contribution in [0.5, 0.6) is 0 Å². The van der Waals surface area contributed by atoms with Crippen LogP contribution in [0.2, 0.25) is 0 Å². The van der Waals surface area contributed by atoms with Crippen LogP contribution in [0.15, 0.2) is 11.2 Å². The summed E-state index contributed by atoms with van der Waals surface area (Å²) in [5.41, 5.74) is 6.98. The highest BCUT2D eigenvalue weighted by atomic mass is 32.1. The van der Waals surface area contributed by atoms with Crippen molar-refractivity contribution in [3.8, 4) is 0 Å². The largest absolute Gasteiger partial charge is 0.350 e. The van der Waals surface area contributed by atoms with Crippen LogP contribution >= 0.6 is 11.3 Å². The summed E-state index contributed by atoms with van der Waals surface area (Å²) in [6.07, 6.45) is 3.89. The number of carbonyl (C=O) groups is 1. The van der Waals surface area contributed by atoms with Gasteiger partial charge in [-0.15, -0.1) is 11.3 Å². The first-order valence-electron chi connectivity index (χ1n) is 5.40. The average Bonchev–Trinajstić information content (AvgIpc) is 2.69. The zero-order valence-corrected chi connectivity index (χ0v) is 10.7. The van der Waals surface area contributed by atoms with E-state index < -0.39 is 11.0 Å². The number of rotatable bonds is 6. The fourth-order valence-corrected chi connectivity index (χ4v) is 2.38. The summed E-state index contributed by atoms with van der Waals surface area (Å²) in [7, 11) is 0. The Hall–Kier alpha value is -1.96. The van der Waals surface area contributed by atoms with E-state index in [0.717, 1.165) is 17.7 Å². The molecule has 2 amide bonds. The molecule has 0 aliphatic rings. The molecule has 0 bridgehead atoms. The number of nitrogens with one attached hydrogen (secondary N) is 1. The van der Waals surface area contributed by atoms with Crippen molar-refractivity contribution in [2.75, 3.05) is 0 Å². The van der Waals surface area contributed by atoms with Gasteiger partial charge in [0, 0.05) is 6.07 Å². The van der Waals surface area contributed by atoms with Crippen molar-refractivity contribution in [2.45, 2.75) is 26.2 Å². The number of carbonyl (C=O) groups excluding carboxylic acids is 1. The lowest BCUT2D eigenvalue weighted by atomic mass is 10.2. The summed E-state index contributed by atoms with van der Waals surface area (Å²) < 4.78 is 0. The zero-order valence-electron chi connectivity index (χ0n) is 9.88. The van der Waals surface area contributed by atoms with E-state index in [9.17, 15) is 14.9 Å². The lowest BCUT2D eigenvalue weighted by Crippen LogP contribution is -2.24. The van der Waals surface area contributed by atoms with Crippen LogP contribution in [0, 0.1) is 10.1 Å². The van der Waals surface area contributed by atoms with E-state index in [0.29, 0.717) is 11.3 Å². The van der Waals surface area contributed by atoms with E-state index in [1.54, 1.807) is 0 Å². The number of nitrogens with zero attached hydrogens (tertiary/aromatic N) is 2. The molecule has 0 spiro atoms. The molecular weight excluding hydrogens is 256 g/mol. The minimum Gasteiger partial charge on any atom is -0.350 e. The van der Waals surface area contributed by atoms with Crippen molar-refractivity contribution in [1.82, 2.24) is 5.43 Å². The lowest BCUT2D eigenvalue weighted by molar-refractivity contribution is -0.385. The number of nitrogens with two attached hydrogens (primary N) is 1. The van der Waals surface area contributed by atoms with Gasteiger partial charge in [0.05, 0.1) is 20.9 Å². The maximum absolute atomic E-state index is 10.9. The van der Waals surface area contributed by atoms with Gasteiger partial charge in [0.2, 0.25) is 0 Å². The van der Waals surface area contributed by atoms with Gasteiger partial charge < -0.3 is 5.73 Å². The summed E-state index contributed by atoms with van der Waals surface area (Å²) in [4.78, 5) is 22.2. The second kappa shape index (κ2) is 6.70. The van der Waals surface area contributed by atoms with Gasteiger partial charge in [0.25, 0.3) is 5.69 Å². The maximum atomic E-state index is 10.9. The number of urea groups is 1. The standard InChI is InChI=1S/C10H14N4O3S/c1-2-3-4-9-8(14(16)17)5-7(18-9)6-12-13-10(11)15/h5-6H,2-4H2,1H3,(H3,11,13,15)/b12-6+. The molecule has 7 nitrogen and oxygen atoms in total. The molecule has 0 aliphatic heterocycles. The second-order valence-corrected chi connectivity index (χ2v) is 4.72. The molecule has 1 heterocycles. The fourth-order valence-electron chi connectivity index (χ4n) is 1.33. The van der Waals surface area contributed by atoms with Crippen LogP contribution in [0.1, 0.15) is 29.5 Å². The predicted octanol–water partition coefficient (Wildman–Crippen LogP) is 2.00. The Morgan fingerprint density at radius 1 is 1.72 bits per heavy atom. The number of unbranched alkanes of at least 4 members (excludes halogenated alkanes) is 1. The Morgan fingerprint density at radius 2 is 2.44 bits per heavy atom. The van der Waals surface area contributed by atoms with Gasteiger partial charge in [-0.3, -0.25) is 10.1 Å². The van der Waals surface area contributed by atoms with Crippen LogP contribution in [-0.4, -0.2) is 17.2 Å². The molecule has 18 heavy (non-hydrogen) atoms. The fraction of sp³-hybridized carbons (Fsp3) is 0.400. The van der Waals surface area contributed by atoms with Crippen molar-refractivity contribution in [2.24, 2.45) is 10.8 Å². The van der Waals surface area contributed by atoms with Crippen LogP contribution in [-0.2, 0) is 6.42 Å². The summed E-state index contributed by atoms with van der Waals surface area (Å²) in [5.74, 6) is 0. The Kier molecular flexibility index (Phi) is 5.25. The molecule has 1 aromatic heterocycles. The van der Waals surface area contributed by atoms with Gasteiger partial charge in [-0.25, -0.2) is 10.2 Å². The average molecular weight is 270 g/mol. The van der Waals surface area contributed by atoms with Crippen molar-refractivity contribution < 1.29 is 9.72 Å². The Bertz CT molecular complexity index is 470. The van der Waals surface area contributed by atoms with E-state index in [4.69, 9.17) is 5.73 Å². The van der Waals surface area contributed by atoms with E-state index in [2.05, 4.69) is 5.10 Å². The highest BCUT2D eigenvalue weighted by Gasteiger charge is 2.17. The minimum absolute atomic E-state index is 0.106. The first-order valence-corrected chi connectivity index (χ1v) is 6.21. The third-order valence-corrected chi connectivity index (χ3v) is 3.24. The normalized spacial score (nSPS) is 10.7.